The molecule has 3 aliphatic heterocycles. The number of amides is 6. The maximum atomic E-state index is 13.2. The number of nitrogens with one attached hydrogen (secondary N) is 5. The lowest BCUT2D eigenvalue weighted by atomic mass is 10.1. The number of ether oxygens (including phenoxy) is 4. The normalized spacial score (nSPS) is 13.8. The second kappa shape index (κ2) is 36.3. The molecule has 0 bridgehead atoms. The highest BCUT2D eigenvalue weighted by atomic mass is 16.6. The van der Waals surface area contributed by atoms with Crippen LogP contribution in [0.4, 0.5) is 70.8 Å². The molecule has 110 heavy (non-hydrogen) atoms. The minimum Gasteiger partial charge on any atom is -0.478 e. The summed E-state index contributed by atoms with van der Waals surface area (Å²) >= 11 is 0. The molecule has 9 aromatic rings. The summed E-state index contributed by atoms with van der Waals surface area (Å²) in [7, 11) is 0. The number of piperazine rings is 3. The largest absolute Gasteiger partial charge is 0.478 e. The number of aromatic nitrogens is 3. The molecule has 0 atom stereocenters. The molecule has 0 saturated carbocycles. The number of nitrogen functional groups attached to an aromatic ring is 2. The molecule has 0 radical (unpaired) electrons. The molecule has 9 heterocycles. The van der Waals surface area contributed by atoms with Gasteiger partial charge < -0.3 is 89.2 Å². The van der Waals surface area contributed by atoms with Crippen molar-refractivity contribution in [2.75, 3.05) is 126 Å². The number of benzene rings is 3. The Morgan fingerprint density at radius 2 is 0.764 bits per heavy atom. The highest BCUT2D eigenvalue weighted by Crippen LogP contribution is 2.33. The van der Waals surface area contributed by atoms with Crippen LogP contribution in [0.15, 0.2) is 178 Å². The summed E-state index contributed by atoms with van der Waals surface area (Å²) in [6.07, 6.45) is 7.40. The van der Waals surface area contributed by atoms with Gasteiger partial charge in [0.25, 0.3) is 11.8 Å². The first-order valence-electron chi connectivity index (χ1n) is 35.8. The average Bonchev–Trinajstić information content (AvgIpc) is 1.02. The fourth-order valence-electron chi connectivity index (χ4n) is 11.0. The summed E-state index contributed by atoms with van der Waals surface area (Å²) in [6, 6.07) is 37.1. The third kappa shape index (κ3) is 24.7. The Balaban J connectivity index is 0.000000176. The van der Waals surface area contributed by atoms with E-state index in [0.29, 0.717) is 121 Å². The zero-order valence-electron chi connectivity index (χ0n) is 64.0. The summed E-state index contributed by atoms with van der Waals surface area (Å²) in [5, 5.41) is 23.2. The Kier molecular flexibility index (Phi) is 26.9. The number of aromatic carboxylic acids is 1. The number of carbonyl (C=O) groups is 7. The van der Waals surface area contributed by atoms with Crippen LogP contribution in [0, 0.1) is 0 Å². The number of carboxylic acids is 1. The zero-order valence-corrected chi connectivity index (χ0v) is 64.0. The van der Waals surface area contributed by atoms with Gasteiger partial charge in [0.05, 0.1) is 69.6 Å². The molecule has 3 aliphatic rings. The maximum Gasteiger partial charge on any atom is 0.412 e. The van der Waals surface area contributed by atoms with Crippen LogP contribution in [-0.4, -0.2) is 173 Å². The molecule has 0 unspecified atom stereocenters. The van der Waals surface area contributed by atoms with Gasteiger partial charge in [0.2, 0.25) is 0 Å². The van der Waals surface area contributed by atoms with Crippen molar-refractivity contribution in [1.29, 1.82) is 0 Å². The van der Waals surface area contributed by atoms with Gasteiger partial charge in [-0.05, 0) is 210 Å². The van der Waals surface area contributed by atoms with Crippen LogP contribution < -0.4 is 52.8 Å². The van der Waals surface area contributed by atoms with E-state index in [-0.39, 0.29) is 23.7 Å². The molecule has 3 fully saturated rings. The standard InChI is InChI=1S/C30H37N5O6.C20H21N5O2.C15H21N3O4.C15H18N2O3/c1-29(2,3)40-27(37)33-22-11-9-20(24-8-7-17-39-24)18-23(22)32-26(36)21-10-12-25(31-19-21)34-13-15-35(16-14-34)28(38)41-30(4,5)6;21-16-5-3-14(18-2-1-11-27-18)12-17(16)24-20(26)15-4-6-19(23-13-15)25-9-7-22-8-10-25;1-15(2,3)22-14(21)18-8-6-17(7-9-18)12-5-4-11(10-16-12)13(19)20;1-15(2,3)20-14(18)17-12-7-6-10(9-11(12)16)13-5-4-8-19-13/h7-12,17-19H,13-16H2,1-6H3,(H,32,36)(H,33,37);1-6,11-13,22H,7-10,21H2,(H,24,26);4-5,10H,6-9H2,1-3H3,(H,19,20);4-9H,16H2,1-3H3,(H,17,18). The number of furan rings is 3. The van der Waals surface area contributed by atoms with Crippen molar-refractivity contribution in [2.45, 2.75) is 105 Å². The molecule has 6 aromatic heterocycles. The number of nitrogens with two attached hydrogens (primary N) is 2. The number of nitrogens with zero attached hydrogens (tertiary/aromatic N) is 8. The van der Waals surface area contributed by atoms with Crippen LogP contribution in [0.25, 0.3) is 34.0 Å². The predicted octanol–water partition coefficient (Wildman–Crippen LogP) is 14.3. The number of carboxylic acid groups (broad SMARTS) is 1. The number of carbonyl (C=O) groups excluding carboxylic acids is 6. The van der Waals surface area contributed by atoms with E-state index in [1.54, 1.807) is 161 Å². The molecule has 3 aromatic carbocycles. The number of anilines is 9. The van der Waals surface area contributed by atoms with E-state index in [0.717, 1.165) is 54.4 Å². The quantitative estimate of drug-likeness (QED) is 0.0392. The number of pyridine rings is 3. The van der Waals surface area contributed by atoms with Crippen molar-refractivity contribution in [1.82, 2.24) is 30.1 Å². The van der Waals surface area contributed by atoms with Crippen LogP contribution in [0.5, 0.6) is 0 Å². The summed E-state index contributed by atoms with van der Waals surface area (Å²) in [5.41, 5.74) is 15.8. The first-order chi connectivity index (χ1) is 52.1. The number of rotatable bonds is 13. The first kappa shape index (κ1) is 81.5. The summed E-state index contributed by atoms with van der Waals surface area (Å²) in [4.78, 5) is 108. The predicted molar refractivity (Wildman–Crippen MR) is 422 cm³/mol. The minimum atomic E-state index is -0.992. The van der Waals surface area contributed by atoms with Gasteiger partial charge in [-0.15, -0.1) is 0 Å². The lowest BCUT2D eigenvalue weighted by Gasteiger charge is -2.36. The Morgan fingerprint density at radius 3 is 1.14 bits per heavy atom. The maximum absolute atomic E-state index is 13.2. The highest BCUT2D eigenvalue weighted by Gasteiger charge is 2.29. The molecule has 12 rings (SSSR count). The van der Waals surface area contributed by atoms with Crippen LogP contribution in [0.1, 0.15) is 114 Å². The Morgan fingerprint density at radius 1 is 0.400 bits per heavy atom. The third-order valence-corrected chi connectivity index (χ3v) is 16.3. The smallest absolute Gasteiger partial charge is 0.412 e. The summed E-state index contributed by atoms with van der Waals surface area (Å²) < 4.78 is 37.6. The summed E-state index contributed by atoms with van der Waals surface area (Å²) in [6.45, 7) is 30.1. The van der Waals surface area contributed by atoms with E-state index < -0.39 is 46.5 Å². The van der Waals surface area contributed by atoms with Gasteiger partial charge in [-0.1, -0.05) is 0 Å². The van der Waals surface area contributed by atoms with E-state index in [1.165, 1.54) is 18.5 Å². The topological polar surface area (TPSA) is 383 Å². The zero-order chi connectivity index (χ0) is 79.5. The van der Waals surface area contributed by atoms with Crippen molar-refractivity contribution in [2.24, 2.45) is 0 Å². The Bertz CT molecular complexity index is 4550. The molecule has 0 spiro atoms. The average molecular weight is 1510 g/mol. The fraction of sp³-hybridized carbons (Fsp3) is 0.350. The monoisotopic (exact) mass is 1510 g/mol. The van der Waals surface area contributed by atoms with Crippen molar-refractivity contribution < 1.29 is 70.9 Å². The molecule has 3 saturated heterocycles. The molecular formula is C80H97N15O15. The van der Waals surface area contributed by atoms with Crippen LogP contribution >= 0.6 is 0 Å². The van der Waals surface area contributed by atoms with Gasteiger partial charge in [-0.3, -0.25) is 20.2 Å². The lowest BCUT2D eigenvalue weighted by molar-refractivity contribution is 0.0230. The molecule has 10 N–H and O–H groups in total. The first-order valence-corrected chi connectivity index (χ1v) is 35.8. The molecule has 0 aliphatic carbocycles. The van der Waals surface area contributed by atoms with E-state index in [9.17, 15) is 33.6 Å². The minimum absolute atomic E-state index is 0.163. The lowest BCUT2D eigenvalue weighted by Crippen LogP contribution is -2.50. The van der Waals surface area contributed by atoms with E-state index in [4.69, 9.17) is 48.8 Å². The van der Waals surface area contributed by atoms with Gasteiger partial charge >= 0.3 is 30.3 Å². The van der Waals surface area contributed by atoms with Crippen LogP contribution in [0.3, 0.4) is 0 Å². The van der Waals surface area contributed by atoms with Gasteiger partial charge in [-0.2, -0.15) is 0 Å². The second-order valence-electron chi connectivity index (χ2n) is 29.6. The van der Waals surface area contributed by atoms with Crippen molar-refractivity contribution in [3.05, 3.63) is 181 Å². The van der Waals surface area contributed by atoms with E-state index in [2.05, 4.69) is 51.3 Å². The molecule has 30 nitrogen and oxygen atoms in total. The Hall–Kier alpha value is -12.6. The van der Waals surface area contributed by atoms with Crippen molar-refractivity contribution >= 4 is 93.7 Å². The van der Waals surface area contributed by atoms with Crippen LogP contribution in [-0.2, 0) is 18.9 Å². The van der Waals surface area contributed by atoms with Gasteiger partial charge in [0, 0.05) is 114 Å². The van der Waals surface area contributed by atoms with Gasteiger partial charge in [0.15, 0.2) is 0 Å². The van der Waals surface area contributed by atoms with Crippen molar-refractivity contribution in [3.8, 4) is 34.0 Å². The van der Waals surface area contributed by atoms with Crippen molar-refractivity contribution in [3.63, 3.8) is 0 Å². The molecular weight excluding hydrogens is 1410 g/mol. The molecule has 582 valence electrons. The second-order valence-corrected chi connectivity index (χ2v) is 29.6. The highest BCUT2D eigenvalue weighted by molar-refractivity contribution is 6.08. The third-order valence-electron chi connectivity index (χ3n) is 16.3. The summed E-state index contributed by atoms with van der Waals surface area (Å²) in [5.74, 6) is 2.71. The Labute approximate surface area is 638 Å². The molecule has 30 heteroatoms. The number of hydrogen-bond donors (Lipinski definition) is 8. The van der Waals surface area contributed by atoms with Gasteiger partial charge in [-0.25, -0.2) is 38.9 Å². The van der Waals surface area contributed by atoms with E-state index in [1.807, 2.05) is 82.8 Å². The number of hydrogen-bond acceptors (Lipinski definition) is 23. The van der Waals surface area contributed by atoms with Gasteiger partial charge in [0.1, 0.15) is 57.1 Å². The van der Waals surface area contributed by atoms with E-state index >= 15 is 0 Å². The SMILES string of the molecule is CC(C)(C)OC(=O)N1CCN(c2ccc(C(=O)O)cn2)CC1.CC(C)(C)OC(=O)Nc1ccc(-c2ccco2)cc1N.CC(C)(C)OC(=O)Nc1ccc(-c2ccco2)cc1NC(=O)c1ccc(N2CCN(C(=O)OC(C)(C)C)CC2)nc1.Nc1ccc(-c2ccco2)cc1NC(=O)c1ccc(N2CCNCC2)nc1. The molecule has 6 amide bonds. The van der Waals surface area contributed by atoms with Crippen LogP contribution in [0.2, 0.25) is 0 Å². The fourth-order valence-corrected chi connectivity index (χ4v) is 11.0.